The van der Waals surface area contributed by atoms with E-state index in [0.29, 0.717) is 11.3 Å². The molecule has 0 radical (unpaired) electrons. The van der Waals surface area contributed by atoms with Crippen LogP contribution >= 0.6 is 0 Å². The van der Waals surface area contributed by atoms with E-state index in [4.69, 9.17) is 11.5 Å². The third kappa shape index (κ3) is 6.97. The second-order valence-electron chi connectivity index (χ2n) is 12.3. The summed E-state index contributed by atoms with van der Waals surface area (Å²) in [7, 11) is 0. The van der Waals surface area contributed by atoms with Gasteiger partial charge in [0.05, 0.1) is 31.7 Å². The molecule has 3 aliphatic rings. The Morgan fingerprint density at radius 3 is 2.18 bits per heavy atom. The maximum Gasteiger partial charge on any atom is 0.250 e. The van der Waals surface area contributed by atoms with E-state index in [1.165, 1.54) is 38.1 Å². The number of nitrogens with zero attached hydrogens (tertiary/aromatic N) is 3. The Labute approximate surface area is 281 Å². The van der Waals surface area contributed by atoms with Crippen molar-refractivity contribution >= 4 is 52.7 Å². The van der Waals surface area contributed by atoms with Crippen molar-refractivity contribution in [2.75, 3.05) is 31.7 Å². The van der Waals surface area contributed by atoms with Crippen LogP contribution in [0.4, 0.5) is 5.69 Å². The van der Waals surface area contributed by atoms with E-state index in [0.717, 1.165) is 9.80 Å². The predicted molar refractivity (Wildman–Crippen MR) is 171 cm³/mol. The van der Waals surface area contributed by atoms with Crippen molar-refractivity contribution in [3.05, 3.63) is 29.8 Å². The molecule has 0 bridgehead atoms. The zero-order valence-electron chi connectivity index (χ0n) is 27.1. The fraction of sp³-hybridized carbons (Fsp3) is 0.548. The number of hydrogen-bond donors (Lipinski definition) is 8. The standard InChI is InChI=1S/C31H42N8O10/c1-15(26(46)36-18-7-5-17(6-8-18)16(2)43)35-28(48)20(4-3-11-34-30(32)33)37-27(47)19(12-40)24-25(45)21(13-41)39-29(49)22(14-42)38-23(44)9-10-31(24,38)39/h5-8,15,19-22,24,40-42H,3-4,9-14H2,1-2H3,(H,35,48)(H,36,46)(H,37,47)(H4,32,33,34)/t15-,19-,20-,21+,22+,24-,31-/m1/s1. The van der Waals surface area contributed by atoms with Gasteiger partial charge in [0.2, 0.25) is 29.5 Å². The molecule has 7 atom stereocenters. The van der Waals surface area contributed by atoms with Crippen LogP contribution in [-0.4, -0.2) is 128 Å². The minimum absolute atomic E-state index is 0.0435. The molecule has 3 fully saturated rings. The van der Waals surface area contributed by atoms with Crippen LogP contribution in [0, 0.1) is 11.8 Å². The highest BCUT2D eigenvalue weighted by molar-refractivity contribution is 6.06. The van der Waals surface area contributed by atoms with E-state index in [-0.39, 0.29) is 44.0 Å². The number of carbonyl (C=O) groups excluding carboxylic acids is 7. The summed E-state index contributed by atoms with van der Waals surface area (Å²) < 4.78 is 0. The van der Waals surface area contributed by atoms with Gasteiger partial charge in [0, 0.05) is 24.2 Å². The lowest BCUT2D eigenvalue weighted by Crippen LogP contribution is -2.59. The number of anilines is 1. The third-order valence-electron chi connectivity index (χ3n) is 9.26. The van der Waals surface area contributed by atoms with Gasteiger partial charge in [-0.2, -0.15) is 0 Å². The monoisotopic (exact) mass is 686 g/mol. The van der Waals surface area contributed by atoms with Crippen LogP contribution in [0.5, 0.6) is 0 Å². The predicted octanol–water partition coefficient (Wildman–Crippen LogP) is -3.44. The number of guanidine groups is 1. The van der Waals surface area contributed by atoms with Crippen molar-refractivity contribution in [2.45, 2.75) is 69.4 Å². The Kier molecular flexibility index (Phi) is 11.4. The number of aliphatic hydroxyl groups is 3. The SMILES string of the molecule is CC(=O)c1ccc(NC(=O)[C@@H](C)NC(=O)[C@@H](CCCN=C(N)N)NC(=O)[C@H](CO)[C@@H]2C(=O)[C@H](CO)N3C(=O)[C@H](CO)N4C(=O)CC[C@@]243)cc1. The summed E-state index contributed by atoms with van der Waals surface area (Å²) in [4.78, 5) is 97.8. The summed E-state index contributed by atoms with van der Waals surface area (Å²) in [5.74, 6) is -7.84. The zero-order chi connectivity index (χ0) is 36.2. The number of hydrogen-bond acceptors (Lipinski definition) is 11. The van der Waals surface area contributed by atoms with Crippen LogP contribution in [0.2, 0.25) is 0 Å². The van der Waals surface area contributed by atoms with Crippen molar-refractivity contribution in [1.82, 2.24) is 20.4 Å². The van der Waals surface area contributed by atoms with Crippen LogP contribution in [0.15, 0.2) is 29.3 Å². The molecule has 0 saturated carbocycles. The van der Waals surface area contributed by atoms with Gasteiger partial charge in [-0.25, -0.2) is 0 Å². The third-order valence-corrected chi connectivity index (χ3v) is 9.26. The molecule has 18 nitrogen and oxygen atoms in total. The fourth-order valence-corrected chi connectivity index (χ4v) is 6.99. The summed E-state index contributed by atoms with van der Waals surface area (Å²) in [6.45, 7) is 0.381. The Bertz CT molecular complexity index is 1530. The summed E-state index contributed by atoms with van der Waals surface area (Å²) >= 11 is 0. The molecular weight excluding hydrogens is 644 g/mol. The molecule has 1 aromatic rings. The van der Waals surface area contributed by atoms with Gasteiger partial charge in [0.1, 0.15) is 29.8 Å². The molecule has 3 aliphatic heterocycles. The Hall–Kier alpha value is -4.94. The molecule has 18 heteroatoms. The number of carbonyl (C=O) groups is 7. The van der Waals surface area contributed by atoms with Crippen LogP contribution in [-0.2, 0) is 28.8 Å². The van der Waals surface area contributed by atoms with Crippen LogP contribution in [0.1, 0.15) is 49.9 Å². The highest BCUT2D eigenvalue weighted by Crippen LogP contribution is 2.54. The van der Waals surface area contributed by atoms with Gasteiger partial charge in [-0.1, -0.05) is 0 Å². The Morgan fingerprint density at radius 2 is 1.61 bits per heavy atom. The van der Waals surface area contributed by atoms with Gasteiger partial charge in [-0.3, -0.25) is 38.6 Å². The first-order chi connectivity index (χ1) is 23.2. The van der Waals surface area contributed by atoms with E-state index in [2.05, 4.69) is 20.9 Å². The van der Waals surface area contributed by atoms with Gasteiger partial charge < -0.3 is 52.5 Å². The maximum absolute atomic E-state index is 13.9. The van der Waals surface area contributed by atoms with Crippen LogP contribution < -0.4 is 27.4 Å². The number of nitrogens with one attached hydrogen (secondary N) is 3. The number of amides is 5. The molecule has 4 rings (SSSR count). The van der Waals surface area contributed by atoms with Gasteiger partial charge in [0.15, 0.2) is 17.5 Å². The van der Waals surface area contributed by atoms with E-state index in [1.54, 1.807) is 0 Å². The molecule has 1 aromatic carbocycles. The molecule has 266 valence electrons. The quantitative estimate of drug-likeness (QED) is 0.0387. The van der Waals surface area contributed by atoms with Crippen molar-refractivity contribution in [3.8, 4) is 0 Å². The first-order valence-corrected chi connectivity index (χ1v) is 15.8. The van der Waals surface area contributed by atoms with E-state index in [9.17, 15) is 48.9 Å². The van der Waals surface area contributed by atoms with Gasteiger partial charge in [0.25, 0.3) is 0 Å². The topological polar surface area (TPSA) is 287 Å². The molecule has 5 amide bonds. The average Bonchev–Trinajstić information content (AvgIpc) is 3.61. The highest BCUT2D eigenvalue weighted by atomic mass is 16.3. The average molecular weight is 687 g/mol. The minimum atomic E-state index is -1.71. The molecule has 1 spiro atoms. The van der Waals surface area contributed by atoms with Crippen molar-refractivity contribution in [1.29, 1.82) is 0 Å². The molecule has 0 aliphatic carbocycles. The first-order valence-electron chi connectivity index (χ1n) is 15.8. The van der Waals surface area contributed by atoms with E-state index in [1.807, 2.05) is 0 Å². The van der Waals surface area contributed by atoms with E-state index >= 15 is 0 Å². The van der Waals surface area contributed by atoms with Crippen LogP contribution in [0.25, 0.3) is 0 Å². The van der Waals surface area contributed by atoms with Crippen LogP contribution in [0.3, 0.4) is 0 Å². The molecule has 3 saturated heterocycles. The Morgan fingerprint density at radius 1 is 0.959 bits per heavy atom. The van der Waals surface area contributed by atoms with Gasteiger partial charge in [-0.15, -0.1) is 0 Å². The van der Waals surface area contributed by atoms with Crippen molar-refractivity contribution in [3.63, 3.8) is 0 Å². The minimum Gasteiger partial charge on any atom is -0.396 e. The molecule has 0 unspecified atom stereocenters. The van der Waals surface area contributed by atoms with Gasteiger partial charge >= 0.3 is 0 Å². The van der Waals surface area contributed by atoms with Crippen molar-refractivity contribution in [2.24, 2.45) is 28.3 Å². The van der Waals surface area contributed by atoms with E-state index < -0.39 is 96.8 Å². The number of rotatable bonds is 15. The number of nitrogens with two attached hydrogens (primary N) is 2. The molecule has 0 aromatic heterocycles. The van der Waals surface area contributed by atoms with Gasteiger partial charge in [-0.05, 0) is 57.4 Å². The number of Topliss-reactive ketones (excluding diaryl/α,β-unsaturated/α-hetero) is 2. The highest BCUT2D eigenvalue weighted by Gasteiger charge is 2.74. The lowest BCUT2D eigenvalue weighted by atomic mass is 9.78. The molecule has 49 heavy (non-hydrogen) atoms. The number of aliphatic hydroxyl groups excluding tert-OH is 3. The largest absolute Gasteiger partial charge is 0.396 e. The summed E-state index contributed by atoms with van der Waals surface area (Å²) in [5.41, 5.74) is 9.88. The summed E-state index contributed by atoms with van der Waals surface area (Å²) in [5, 5.41) is 38.3. The first kappa shape index (κ1) is 36.9. The van der Waals surface area contributed by atoms with Crippen molar-refractivity contribution < 1.29 is 48.9 Å². The lowest BCUT2D eigenvalue weighted by molar-refractivity contribution is -0.145. The summed E-state index contributed by atoms with van der Waals surface area (Å²) in [6, 6.07) is 0.910. The second kappa shape index (κ2) is 15.1. The second-order valence-corrected chi connectivity index (χ2v) is 12.3. The Balaban J connectivity index is 1.55. The lowest BCUT2D eigenvalue weighted by Gasteiger charge is -2.40. The number of aliphatic imine (C=N–C) groups is 1. The maximum atomic E-state index is 13.9. The molecular formula is C31H42N8O10. The molecule has 10 N–H and O–H groups in total. The number of benzene rings is 1. The smallest absolute Gasteiger partial charge is 0.250 e. The zero-order valence-corrected chi connectivity index (χ0v) is 27.1. The number of ketones is 2. The fourth-order valence-electron chi connectivity index (χ4n) is 6.99. The normalized spacial score (nSPS) is 24.5. The molecule has 3 heterocycles. The summed E-state index contributed by atoms with van der Waals surface area (Å²) in [6.07, 6.45) is -0.0567.